The second kappa shape index (κ2) is 5.44. The first-order valence-corrected chi connectivity index (χ1v) is 8.23. The predicted octanol–water partition coefficient (Wildman–Crippen LogP) is 1.82. The van der Waals surface area contributed by atoms with Crippen molar-refractivity contribution >= 4 is 5.91 Å². The smallest absolute Gasteiger partial charge is 0.222 e. The summed E-state index contributed by atoms with van der Waals surface area (Å²) < 4.78 is 5.07. The van der Waals surface area contributed by atoms with Crippen molar-refractivity contribution in [3.05, 3.63) is 17.5 Å². The summed E-state index contributed by atoms with van der Waals surface area (Å²) in [5, 5.41) is 4.05. The lowest BCUT2D eigenvalue weighted by Gasteiger charge is -2.33. The molecule has 3 heterocycles. The Hall–Kier alpha value is -1.36. The maximum atomic E-state index is 12.2. The lowest BCUT2D eigenvalue weighted by Crippen LogP contribution is -2.39. The van der Waals surface area contributed by atoms with Crippen molar-refractivity contribution in [2.45, 2.75) is 51.1 Å². The van der Waals surface area contributed by atoms with Crippen molar-refractivity contribution in [2.75, 3.05) is 19.6 Å². The molecule has 5 nitrogen and oxygen atoms in total. The Morgan fingerprint density at radius 3 is 2.95 bits per heavy atom. The van der Waals surface area contributed by atoms with E-state index < -0.39 is 0 Å². The predicted molar refractivity (Wildman–Crippen MR) is 77.6 cm³/mol. The molecule has 0 radical (unpaired) electrons. The zero-order valence-corrected chi connectivity index (χ0v) is 12.5. The highest BCUT2D eigenvalue weighted by Crippen LogP contribution is 2.31. The van der Waals surface area contributed by atoms with E-state index in [0.717, 1.165) is 57.1 Å². The lowest BCUT2D eigenvalue weighted by atomic mass is 10.0. The van der Waals surface area contributed by atoms with E-state index in [1.165, 1.54) is 18.4 Å². The van der Waals surface area contributed by atoms with Crippen molar-refractivity contribution in [1.82, 2.24) is 15.0 Å². The number of carbonyl (C=O) groups is 1. The molecule has 1 aliphatic carbocycles. The molecular formula is C16H23N3O2. The molecule has 1 atom stereocenters. The van der Waals surface area contributed by atoms with E-state index in [0.29, 0.717) is 18.4 Å². The normalized spacial score (nSPS) is 27.5. The van der Waals surface area contributed by atoms with Gasteiger partial charge in [0.1, 0.15) is 6.26 Å². The van der Waals surface area contributed by atoms with Crippen LogP contribution in [0.5, 0.6) is 0 Å². The van der Waals surface area contributed by atoms with Crippen molar-refractivity contribution in [2.24, 2.45) is 5.92 Å². The number of likely N-dealkylation sites (tertiary alicyclic amines) is 1. The third kappa shape index (κ3) is 2.84. The lowest BCUT2D eigenvalue weighted by molar-refractivity contribution is -0.130. The third-order valence-electron chi connectivity index (χ3n) is 5.21. The summed E-state index contributed by atoms with van der Waals surface area (Å²) in [6.07, 6.45) is 8.21. The molecule has 1 unspecified atom stereocenters. The second-order valence-electron chi connectivity index (χ2n) is 6.77. The summed E-state index contributed by atoms with van der Waals surface area (Å²) in [7, 11) is 0. The minimum absolute atomic E-state index is 0.368. The second-order valence-corrected chi connectivity index (χ2v) is 6.77. The largest absolute Gasteiger partial charge is 0.364 e. The highest BCUT2D eigenvalue weighted by molar-refractivity contribution is 5.76. The maximum absolute atomic E-state index is 12.2. The zero-order valence-electron chi connectivity index (χ0n) is 12.5. The van der Waals surface area contributed by atoms with Crippen LogP contribution >= 0.6 is 0 Å². The molecule has 4 rings (SSSR count). The average Bonchev–Trinajstić information content (AvgIpc) is 3.22. The number of amides is 1. The zero-order chi connectivity index (χ0) is 14.2. The number of carbonyl (C=O) groups excluding carboxylic acids is 1. The topological polar surface area (TPSA) is 49.6 Å². The first-order valence-electron chi connectivity index (χ1n) is 8.23. The van der Waals surface area contributed by atoms with Crippen molar-refractivity contribution in [3.63, 3.8) is 0 Å². The quantitative estimate of drug-likeness (QED) is 0.852. The Balaban J connectivity index is 1.39. The van der Waals surface area contributed by atoms with Gasteiger partial charge in [0, 0.05) is 50.6 Å². The van der Waals surface area contributed by atoms with E-state index in [1.54, 1.807) is 6.26 Å². The molecular weight excluding hydrogens is 266 g/mol. The van der Waals surface area contributed by atoms with E-state index in [1.807, 2.05) is 0 Å². The van der Waals surface area contributed by atoms with Crippen LogP contribution < -0.4 is 0 Å². The SMILES string of the molecule is O=C1CCC(N2CCc3nocc3C2)CCN1CC1CC1. The van der Waals surface area contributed by atoms with E-state index in [4.69, 9.17) is 4.52 Å². The van der Waals surface area contributed by atoms with Crippen LogP contribution in [0.2, 0.25) is 0 Å². The van der Waals surface area contributed by atoms with Crippen molar-refractivity contribution < 1.29 is 9.32 Å². The Kier molecular flexibility index (Phi) is 3.45. The van der Waals surface area contributed by atoms with Gasteiger partial charge in [-0.1, -0.05) is 5.16 Å². The summed E-state index contributed by atoms with van der Waals surface area (Å²) >= 11 is 0. The first kappa shape index (κ1) is 13.3. The van der Waals surface area contributed by atoms with Crippen LogP contribution in [-0.4, -0.2) is 46.5 Å². The molecule has 3 aliphatic rings. The number of fused-ring (bicyclic) bond motifs is 1. The molecule has 1 amide bonds. The summed E-state index contributed by atoms with van der Waals surface area (Å²) in [6.45, 7) is 3.91. The number of hydrogen-bond acceptors (Lipinski definition) is 4. The van der Waals surface area contributed by atoms with Crippen LogP contribution in [0.4, 0.5) is 0 Å². The molecule has 1 aromatic heterocycles. The van der Waals surface area contributed by atoms with E-state index >= 15 is 0 Å². The van der Waals surface area contributed by atoms with Crippen molar-refractivity contribution in [3.8, 4) is 0 Å². The van der Waals surface area contributed by atoms with Gasteiger partial charge in [-0.05, 0) is 31.6 Å². The Labute approximate surface area is 125 Å². The fourth-order valence-electron chi connectivity index (χ4n) is 3.67. The van der Waals surface area contributed by atoms with E-state index in [9.17, 15) is 4.79 Å². The Bertz CT molecular complexity index is 523. The molecule has 1 aromatic rings. The standard InChI is InChI=1S/C16H23N3O2/c20-16-4-3-14(5-7-19(16)9-12-1-2-12)18-8-6-15-13(10-18)11-21-17-15/h11-12,14H,1-10H2. The molecule has 2 aliphatic heterocycles. The van der Waals surface area contributed by atoms with E-state index in [2.05, 4.69) is 15.0 Å². The third-order valence-corrected chi connectivity index (χ3v) is 5.21. The Morgan fingerprint density at radius 2 is 2.10 bits per heavy atom. The maximum Gasteiger partial charge on any atom is 0.222 e. The first-order chi connectivity index (χ1) is 10.3. The van der Waals surface area contributed by atoms with Gasteiger partial charge in [0.25, 0.3) is 0 Å². The fraction of sp³-hybridized carbons (Fsp3) is 0.750. The number of aromatic nitrogens is 1. The van der Waals surface area contributed by atoms with Gasteiger partial charge in [-0.2, -0.15) is 0 Å². The van der Waals surface area contributed by atoms with Gasteiger partial charge in [0.2, 0.25) is 5.91 Å². The molecule has 114 valence electrons. The van der Waals surface area contributed by atoms with Gasteiger partial charge in [0.05, 0.1) is 5.69 Å². The summed E-state index contributed by atoms with van der Waals surface area (Å²) in [5.74, 6) is 1.16. The summed E-state index contributed by atoms with van der Waals surface area (Å²) in [6, 6.07) is 0.529. The monoisotopic (exact) mass is 289 g/mol. The minimum Gasteiger partial charge on any atom is -0.364 e. The highest BCUT2D eigenvalue weighted by atomic mass is 16.5. The number of rotatable bonds is 3. The molecule has 1 saturated heterocycles. The molecule has 21 heavy (non-hydrogen) atoms. The van der Waals surface area contributed by atoms with Crippen LogP contribution in [0.25, 0.3) is 0 Å². The molecule has 2 fully saturated rings. The van der Waals surface area contributed by atoms with Crippen LogP contribution in [0.1, 0.15) is 43.4 Å². The van der Waals surface area contributed by atoms with Crippen LogP contribution in [0.3, 0.4) is 0 Å². The van der Waals surface area contributed by atoms with Crippen LogP contribution in [-0.2, 0) is 17.8 Å². The number of hydrogen-bond donors (Lipinski definition) is 0. The van der Waals surface area contributed by atoms with Crippen LogP contribution in [0.15, 0.2) is 10.8 Å². The highest BCUT2D eigenvalue weighted by Gasteiger charge is 2.32. The molecule has 5 heteroatoms. The van der Waals surface area contributed by atoms with Gasteiger partial charge in [-0.3, -0.25) is 9.69 Å². The summed E-state index contributed by atoms with van der Waals surface area (Å²) in [4.78, 5) is 16.9. The minimum atomic E-state index is 0.368. The fourth-order valence-corrected chi connectivity index (χ4v) is 3.67. The number of nitrogens with zero attached hydrogens (tertiary/aromatic N) is 3. The van der Waals surface area contributed by atoms with E-state index in [-0.39, 0.29) is 0 Å². The summed E-state index contributed by atoms with van der Waals surface area (Å²) in [5.41, 5.74) is 2.35. The van der Waals surface area contributed by atoms with Crippen LogP contribution in [0, 0.1) is 5.92 Å². The molecule has 0 N–H and O–H groups in total. The van der Waals surface area contributed by atoms with Gasteiger partial charge in [0.15, 0.2) is 0 Å². The van der Waals surface area contributed by atoms with Gasteiger partial charge >= 0.3 is 0 Å². The average molecular weight is 289 g/mol. The molecule has 0 bridgehead atoms. The molecule has 0 aromatic carbocycles. The van der Waals surface area contributed by atoms with Gasteiger partial charge < -0.3 is 9.42 Å². The van der Waals surface area contributed by atoms with Crippen molar-refractivity contribution in [1.29, 1.82) is 0 Å². The van der Waals surface area contributed by atoms with Gasteiger partial charge in [-0.15, -0.1) is 0 Å². The molecule has 0 spiro atoms. The van der Waals surface area contributed by atoms with Gasteiger partial charge in [-0.25, -0.2) is 0 Å². The Morgan fingerprint density at radius 1 is 1.19 bits per heavy atom. The molecule has 1 saturated carbocycles.